The fourth-order valence-corrected chi connectivity index (χ4v) is 2.55. The van der Waals surface area contributed by atoms with E-state index in [1.165, 1.54) is 12.1 Å². The topological polar surface area (TPSA) is 9.23 Å². The van der Waals surface area contributed by atoms with Crippen molar-refractivity contribution in [2.45, 2.75) is 13.3 Å². The van der Waals surface area contributed by atoms with Crippen molar-refractivity contribution in [3.8, 4) is 28.7 Å². The van der Waals surface area contributed by atoms with Gasteiger partial charge in [0, 0.05) is 11.1 Å². The molecule has 3 aromatic rings. The molecule has 0 aliphatic heterocycles. The van der Waals surface area contributed by atoms with E-state index in [9.17, 15) is 4.39 Å². The molecule has 0 atom stereocenters. The highest BCUT2D eigenvalue weighted by molar-refractivity contribution is 6.30. The monoisotopic (exact) mass is 364 g/mol. The maximum absolute atomic E-state index is 13.4. The minimum absolute atomic E-state index is 0.103. The van der Waals surface area contributed by atoms with Crippen LogP contribution in [0.4, 0.5) is 4.39 Å². The normalized spacial score (nSPS) is 10.1. The van der Waals surface area contributed by atoms with Crippen LogP contribution in [0.3, 0.4) is 0 Å². The van der Waals surface area contributed by atoms with Gasteiger partial charge in [0.05, 0.1) is 11.6 Å². The second kappa shape index (κ2) is 8.56. The molecule has 0 fully saturated rings. The molecule has 0 radical (unpaired) electrons. The minimum atomic E-state index is -0.458. The van der Waals surface area contributed by atoms with Crippen LogP contribution in [0.5, 0.6) is 5.75 Å². The molecule has 0 unspecified atom stereocenters. The molecule has 26 heavy (non-hydrogen) atoms. The van der Waals surface area contributed by atoms with E-state index < -0.39 is 5.82 Å². The number of ether oxygens (including phenoxy) is 1. The van der Waals surface area contributed by atoms with Crippen molar-refractivity contribution >= 4 is 11.6 Å². The van der Waals surface area contributed by atoms with E-state index in [-0.39, 0.29) is 5.02 Å². The molecule has 0 aromatic heterocycles. The lowest BCUT2D eigenvalue weighted by atomic mass is 10.0. The van der Waals surface area contributed by atoms with Gasteiger partial charge < -0.3 is 4.74 Å². The van der Waals surface area contributed by atoms with E-state index in [4.69, 9.17) is 16.3 Å². The van der Waals surface area contributed by atoms with Gasteiger partial charge in [-0.2, -0.15) is 0 Å². The van der Waals surface area contributed by atoms with Crippen LogP contribution < -0.4 is 4.74 Å². The molecule has 0 amide bonds. The van der Waals surface area contributed by atoms with Crippen molar-refractivity contribution in [3.63, 3.8) is 0 Å². The summed E-state index contributed by atoms with van der Waals surface area (Å²) in [5.41, 5.74) is 3.69. The lowest BCUT2D eigenvalue weighted by Crippen LogP contribution is -1.94. The second-order valence-corrected chi connectivity index (χ2v) is 6.24. The number of rotatable bonds is 4. The van der Waals surface area contributed by atoms with Gasteiger partial charge in [0.15, 0.2) is 0 Å². The molecule has 130 valence electrons. The molecular formula is C23H18ClFO. The van der Waals surface area contributed by atoms with Crippen LogP contribution in [0.15, 0.2) is 66.7 Å². The molecule has 0 heterocycles. The van der Waals surface area contributed by atoms with Crippen molar-refractivity contribution in [3.05, 3.63) is 88.7 Å². The highest BCUT2D eigenvalue weighted by atomic mass is 35.5. The van der Waals surface area contributed by atoms with E-state index in [2.05, 4.69) is 18.8 Å². The average Bonchev–Trinajstić information content (AvgIpc) is 2.68. The molecule has 0 aliphatic carbocycles. The van der Waals surface area contributed by atoms with E-state index in [1.807, 2.05) is 48.5 Å². The first-order valence-corrected chi connectivity index (χ1v) is 8.84. The van der Waals surface area contributed by atoms with Crippen molar-refractivity contribution in [1.82, 2.24) is 0 Å². The molecule has 3 aromatic carbocycles. The smallest absolute Gasteiger partial charge is 0.143 e. The summed E-state index contributed by atoms with van der Waals surface area (Å²) in [5, 5.41) is 0.103. The summed E-state index contributed by atoms with van der Waals surface area (Å²) in [5.74, 6) is 6.41. The number of hydrogen-bond acceptors (Lipinski definition) is 1. The van der Waals surface area contributed by atoms with Crippen molar-refractivity contribution < 1.29 is 9.13 Å². The zero-order chi connectivity index (χ0) is 18.4. The van der Waals surface area contributed by atoms with Gasteiger partial charge in [-0.25, -0.2) is 4.39 Å². The molecule has 3 heteroatoms. The van der Waals surface area contributed by atoms with Gasteiger partial charge in [-0.15, -0.1) is 0 Å². The molecule has 0 bridgehead atoms. The Kier molecular flexibility index (Phi) is 5.94. The van der Waals surface area contributed by atoms with E-state index >= 15 is 0 Å². The van der Waals surface area contributed by atoms with E-state index in [1.54, 1.807) is 6.07 Å². The van der Waals surface area contributed by atoms with Gasteiger partial charge >= 0.3 is 0 Å². The third-order valence-electron chi connectivity index (χ3n) is 3.82. The van der Waals surface area contributed by atoms with Gasteiger partial charge in [-0.3, -0.25) is 0 Å². The highest BCUT2D eigenvalue weighted by Crippen LogP contribution is 2.23. The summed E-state index contributed by atoms with van der Waals surface area (Å²) >= 11 is 5.68. The van der Waals surface area contributed by atoms with Gasteiger partial charge in [-0.1, -0.05) is 54.6 Å². The highest BCUT2D eigenvalue weighted by Gasteiger charge is 2.00. The van der Waals surface area contributed by atoms with Crippen molar-refractivity contribution in [1.29, 1.82) is 0 Å². The second-order valence-electron chi connectivity index (χ2n) is 5.83. The molecule has 0 N–H and O–H groups in total. The van der Waals surface area contributed by atoms with Crippen LogP contribution in [-0.4, -0.2) is 6.61 Å². The first-order valence-electron chi connectivity index (χ1n) is 8.46. The summed E-state index contributed by atoms with van der Waals surface area (Å²) in [7, 11) is 0. The quantitative estimate of drug-likeness (QED) is 0.491. The Morgan fingerprint density at radius 3 is 2.04 bits per heavy atom. The maximum atomic E-state index is 13.4. The zero-order valence-electron chi connectivity index (χ0n) is 14.4. The summed E-state index contributed by atoms with van der Waals surface area (Å²) in [6, 6.07) is 20.6. The Morgan fingerprint density at radius 1 is 0.846 bits per heavy atom. The third-order valence-corrected chi connectivity index (χ3v) is 4.12. The minimum Gasteiger partial charge on any atom is -0.494 e. The van der Waals surface area contributed by atoms with Gasteiger partial charge in [0.25, 0.3) is 0 Å². The van der Waals surface area contributed by atoms with Crippen LogP contribution in [0, 0.1) is 17.7 Å². The number of benzene rings is 3. The van der Waals surface area contributed by atoms with E-state index in [0.29, 0.717) is 5.56 Å². The zero-order valence-corrected chi connectivity index (χ0v) is 15.2. The summed E-state index contributed by atoms with van der Waals surface area (Å²) < 4.78 is 19.0. The Morgan fingerprint density at radius 2 is 1.42 bits per heavy atom. The van der Waals surface area contributed by atoms with Gasteiger partial charge in [0.2, 0.25) is 0 Å². The third kappa shape index (κ3) is 4.65. The average molecular weight is 365 g/mol. The lowest BCUT2D eigenvalue weighted by molar-refractivity contribution is 0.317. The fraction of sp³-hybridized carbons (Fsp3) is 0.130. The summed E-state index contributed by atoms with van der Waals surface area (Å²) in [6.07, 6.45) is 0.993. The Hall–Kier alpha value is -2.76. The van der Waals surface area contributed by atoms with Crippen LogP contribution in [-0.2, 0) is 0 Å². The fourth-order valence-electron chi connectivity index (χ4n) is 2.43. The van der Waals surface area contributed by atoms with Gasteiger partial charge in [-0.05, 0) is 60.0 Å². The number of hydrogen-bond donors (Lipinski definition) is 0. The van der Waals surface area contributed by atoms with Crippen LogP contribution in [0.1, 0.15) is 24.5 Å². The molecule has 0 saturated carbocycles. The van der Waals surface area contributed by atoms with E-state index in [0.717, 1.165) is 35.5 Å². The Balaban J connectivity index is 1.72. The standard InChI is InChI=1S/C23H18ClFO/c1-2-15-26-21-12-10-20(11-13-21)19-8-5-17(6-9-19)3-4-18-7-14-22(24)23(25)16-18/h5-14,16H,2,15H2,1H3. The number of halogens is 2. The largest absolute Gasteiger partial charge is 0.494 e. The van der Waals surface area contributed by atoms with Crippen LogP contribution in [0.25, 0.3) is 11.1 Å². The molecule has 3 rings (SSSR count). The first kappa shape index (κ1) is 18.0. The molecule has 0 saturated heterocycles. The lowest BCUT2D eigenvalue weighted by Gasteiger charge is -2.06. The predicted molar refractivity (Wildman–Crippen MR) is 105 cm³/mol. The van der Waals surface area contributed by atoms with Crippen molar-refractivity contribution in [2.24, 2.45) is 0 Å². The summed E-state index contributed by atoms with van der Waals surface area (Å²) in [4.78, 5) is 0. The molecule has 1 nitrogen and oxygen atoms in total. The molecule has 0 spiro atoms. The van der Waals surface area contributed by atoms with Crippen LogP contribution >= 0.6 is 11.6 Å². The summed E-state index contributed by atoms with van der Waals surface area (Å²) in [6.45, 7) is 2.81. The van der Waals surface area contributed by atoms with Crippen molar-refractivity contribution in [2.75, 3.05) is 6.61 Å². The SMILES string of the molecule is CCCOc1ccc(-c2ccc(C#Cc3ccc(Cl)c(F)c3)cc2)cc1. The predicted octanol–water partition coefficient (Wildman–Crippen LogP) is 6.33. The first-order chi connectivity index (χ1) is 12.7. The maximum Gasteiger partial charge on any atom is 0.143 e. The van der Waals surface area contributed by atoms with Crippen LogP contribution in [0.2, 0.25) is 5.02 Å². The van der Waals surface area contributed by atoms with Gasteiger partial charge in [0.1, 0.15) is 11.6 Å². The molecular weight excluding hydrogens is 347 g/mol. The Bertz CT molecular complexity index is 935. The molecule has 0 aliphatic rings. The Labute approximate surface area is 158 Å².